The van der Waals surface area contributed by atoms with Crippen molar-refractivity contribution in [2.75, 3.05) is 5.43 Å². The van der Waals surface area contributed by atoms with Gasteiger partial charge in [-0.15, -0.1) is 0 Å². The number of aromatic nitrogens is 2. The first kappa shape index (κ1) is 8.72. The van der Waals surface area contributed by atoms with E-state index in [1.165, 1.54) is 0 Å². The Morgan fingerprint density at radius 3 is 2.69 bits per heavy atom. The van der Waals surface area contributed by atoms with Gasteiger partial charge in [-0.1, -0.05) is 11.6 Å². The lowest BCUT2D eigenvalue weighted by molar-refractivity contribution is 0.916. The number of nitrogens with one attached hydrogen (secondary N) is 1. The second kappa shape index (κ2) is 3.12. The van der Waals surface area contributed by atoms with Crippen LogP contribution in [0.5, 0.6) is 0 Å². The molecule has 0 atom stereocenters. The maximum Gasteiger partial charge on any atom is 0.148 e. The van der Waals surface area contributed by atoms with E-state index in [9.17, 15) is 0 Å². The van der Waals surface area contributed by atoms with Crippen molar-refractivity contribution in [3.05, 3.63) is 16.5 Å². The van der Waals surface area contributed by atoms with Gasteiger partial charge < -0.3 is 5.43 Å². The molecule has 70 valence electrons. The topological polar surface area (TPSA) is 63.8 Å². The molecular formula is C8H11ClN4. The van der Waals surface area contributed by atoms with Crippen molar-refractivity contribution < 1.29 is 0 Å². The first-order valence-corrected chi connectivity index (χ1v) is 4.61. The van der Waals surface area contributed by atoms with Crippen molar-refractivity contribution in [2.24, 2.45) is 5.84 Å². The Bertz CT molecular complexity index is 335. The Labute approximate surface area is 81.5 Å². The molecule has 1 saturated carbocycles. The fourth-order valence-electron chi connectivity index (χ4n) is 1.17. The molecule has 0 aliphatic heterocycles. The molecule has 1 fully saturated rings. The van der Waals surface area contributed by atoms with Crippen LogP contribution in [0.4, 0.5) is 5.82 Å². The van der Waals surface area contributed by atoms with E-state index in [4.69, 9.17) is 17.4 Å². The van der Waals surface area contributed by atoms with Crippen LogP contribution in [0.3, 0.4) is 0 Å². The smallest absolute Gasteiger partial charge is 0.148 e. The number of hydrazine groups is 1. The van der Waals surface area contributed by atoms with E-state index >= 15 is 0 Å². The van der Waals surface area contributed by atoms with E-state index < -0.39 is 0 Å². The van der Waals surface area contributed by atoms with Crippen LogP contribution < -0.4 is 11.3 Å². The van der Waals surface area contributed by atoms with Crippen molar-refractivity contribution in [1.29, 1.82) is 0 Å². The number of halogens is 1. The summed E-state index contributed by atoms with van der Waals surface area (Å²) in [5.74, 6) is 7.24. The van der Waals surface area contributed by atoms with Gasteiger partial charge in [0, 0.05) is 11.5 Å². The van der Waals surface area contributed by atoms with Crippen LogP contribution in [-0.4, -0.2) is 9.97 Å². The van der Waals surface area contributed by atoms with Crippen LogP contribution in [0.15, 0.2) is 0 Å². The summed E-state index contributed by atoms with van der Waals surface area (Å²) in [6.07, 6.45) is 2.31. The predicted molar refractivity (Wildman–Crippen MR) is 51.6 cm³/mol. The fraction of sp³-hybridized carbons (Fsp3) is 0.500. The second-order valence-electron chi connectivity index (χ2n) is 3.26. The quantitative estimate of drug-likeness (QED) is 0.431. The third-order valence-corrected chi connectivity index (χ3v) is 2.55. The lowest BCUT2D eigenvalue weighted by atomic mass is 10.3. The second-order valence-corrected chi connectivity index (χ2v) is 3.62. The Morgan fingerprint density at radius 1 is 1.46 bits per heavy atom. The average molecular weight is 199 g/mol. The summed E-state index contributed by atoms with van der Waals surface area (Å²) in [6, 6.07) is 0. The van der Waals surface area contributed by atoms with E-state index in [0.717, 1.165) is 24.2 Å². The molecule has 1 heterocycles. The van der Waals surface area contributed by atoms with Gasteiger partial charge in [-0.3, -0.25) is 0 Å². The standard InChI is InChI=1S/C8H11ClN4/c1-4-6(9)11-8(5-2-3-5)12-7(4)13-10/h5H,2-3,10H2,1H3,(H,11,12,13). The maximum atomic E-state index is 5.92. The number of nitrogens with two attached hydrogens (primary N) is 1. The number of hydrogen-bond acceptors (Lipinski definition) is 4. The molecule has 2 rings (SSSR count). The van der Waals surface area contributed by atoms with Gasteiger partial charge in [0.25, 0.3) is 0 Å². The molecule has 3 N–H and O–H groups in total. The van der Waals surface area contributed by atoms with E-state index in [1.807, 2.05) is 6.92 Å². The Hall–Kier alpha value is -0.870. The van der Waals surface area contributed by atoms with Gasteiger partial charge in [-0.05, 0) is 19.8 Å². The Morgan fingerprint density at radius 2 is 2.15 bits per heavy atom. The number of anilines is 1. The molecule has 13 heavy (non-hydrogen) atoms. The van der Waals surface area contributed by atoms with Crippen LogP contribution >= 0.6 is 11.6 Å². The molecule has 0 unspecified atom stereocenters. The molecule has 0 aromatic carbocycles. The summed E-state index contributed by atoms with van der Waals surface area (Å²) >= 11 is 5.92. The number of nitrogen functional groups attached to an aromatic ring is 1. The van der Waals surface area contributed by atoms with E-state index in [-0.39, 0.29) is 0 Å². The van der Waals surface area contributed by atoms with Crippen LogP contribution in [0, 0.1) is 6.92 Å². The van der Waals surface area contributed by atoms with Crippen molar-refractivity contribution in [3.63, 3.8) is 0 Å². The van der Waals surface area contributed by atoms with Crippen molar-refractivity contribution in [3.8, 4) is 0 Å². The van der Waals surface area contributed by atoms with Gasteiger partial charge in [0.15, 0.2) is 0 Å². The van der Waals surface area contributed by atoms with Crippen molar-refractivity contribution in [1.82, 2.24) is 9.97 Å². The minimum atomic E-state index is 0.491. The SMILES string of the molecule is Cc1c(Cl)nc(C2CC2)nc1NN. The first-order valence-electron chi connectivity index (χ1n) is 4.23. The summed E-state index contributed by atoms with van der Waals surface area (Å²) in [5.41, 5.74) is 3.32. The minimum Gasteiger partial charge on any atom is -0.308 e. The summed E-state index contributed by atoms with van der Waals surface area (Å²) in [5, 5.41) is 0.491. The number of hydrogen-bond donors (Lipinski definition) is 2. The summed E-state index contributed by atoms with van der Waals surface area (Å²) in [4.78, 5) is 8.48. The van der Waals surface area contributed by atoms with Gasteiger partial charge in [0.1, 0.15) is 16.8 Å². The van der Waals surface area contributed by atoms with Crippen molar-refractivity contribution >= 4 is 17.4 Å². The van der Waals surface area contributed by atoms with Gasteiger partial charge in [-0.2, -0.15) is 0 Å². The molecular weight excluding hydrogens is 188 g/mol. The van der Waals surface area contributed by atoms with Gasteiger partial charge in [0.2, 0.25) is 0 Å². The summed E-state index contributed by atoms with van der Waals surface area (Å²) in [6.45, 7) is 1.84. The zero-order chi connectivity index (χ0) is 9.42. The average Bonchev–Trinajstić information content (AvgIpc) is 2.92. The van der Waals surface area contributed by atoms with Crippen LogP contribution in [0.1, 0.15) is 30.1 Å². The molecule has 0 bridgehead atoms. The van der Waals surface area contributed by atoms with E-state index in [2.05, 4.69) is 15.4 Å². The van der Waals surface area contributed by atoms with Gasteiger partial charge in [0.05, 0.1) is 0 Å². The molecule has 5 heteroatoms. The number of nitrogens with zero attached hydrogens (tertiary/aromatic N) is 2. The third kappa shape index (κ3) is 1.59. The highest BCUT2D eigenvalue weighted by atomic mass is 35.5. The fourth-order valence-corrected chi connectivity index (χ4v) is 1.35. The van der Waals surface area contributed by atoms with E-state index in [0.29, 0.717) is 16.9 Å². The number of rotatable bonds is 2. The van der Waals surface area contributed by atoms with Crippen LogP contribution in [0.25, 0.3) is 0 Å². The van der Waals surface area contributed by atoms with Crippen molar-refractivity contribution in [2.45, 2.75) is 25.7 Å². The van der Waals surface area contributed by atoms with Crippen LogP contribution in [-0.2, 0) is 0 Å². The molecule has 1 aliphatic rings. The van der Waals surface area contributed by atoms with Crippen LogP contribution in [0.2, 0.25) is 5.15 Å². The Balaban J connectivity index is 2.43. The highest BCUT2D eigenvalue weighted by Gasteiger charge is 2.27. The maximum absolute atomic E-state index is 5.92. The molecule has 1 aliphatic carbocycles. The molecule has 4 nitrogen and oxygen atoms in total. The highest BCUT2D eigenvalue weighted by Crippen LogP contribution is 2.39. The monoisotopic (exact) mass is 198 g/mol. The molecule has 1 aromatic heterocycles. The van der Waals surface area contributed by atoms with Gasteiger partial charge in [-0.25, -0.2) is 15.8 Å². The zero-order valence-corrected chi connectivity index (χ0v) is 8.10. The van der Waals surface area contributed by atoms with Gasteiger partial charge >= 0.3 is 0 Å². The zero-order valence-electron chi connectivity index (χ0n) is 7.34. The summed E-state index contributed by atoms with van der Waals surface area (Å²) < 4.78 is 0. The highest BCUT2D eigenvalue weighted by molar-refractivity contribution is 6.30. The Kier molecular flexibility index (Phi) is 2.09. The normalized spacial score (nSPS) is 15.9. The molecule has 0 amide bonds. The molecule has 0 spiro atoms. The molecule has 0 radical (unpaired) electrons. The minimum absolute atomic E-state index is 0.491. The predicted octanol–water partition coefficient (Wildman–Crippen LogP) is 1.60. The first-order chi connectivity index (χ1) is 6.22. The molecule has 1 aromatic rings. The largest absolute Gasteiger partial charge is 0.308 e. The third-order valence-electron chi connectivity index (χ3n) is 2.18. The lowest BCUT2D eigenvalue weighted by Gasteiger charge is -2.07. The lowest BCUT2D eigenvalue weighted by Crippen LogP contribution is -2.12. The van der Waals surface area contributed by atoms with E-state index in [1.54, 1.807) is 0 Å². The molecule has 0 saturated heterocycles. The summed E-state index contributed by atoms with van der Waals surface area (Å²) in [7, 11) is 0.